The molecule has 1 atom stereocenters. The summed E-state index contributed by atoms with van der Waals surface area (Å²) in [4.78, 5) is 14.7. The summed E-state index contributed by atoms with van der Waals surface area (Å²) in [6.07, 6.45) is -0.776. The number of hydrogen-bond acceptors (Lipinski definition) is 4. The van der Waals surface area contributed by atoms with Crippen molar-refractivity contribution in [2.75, 3.05) is 19.7 Å². The highest BCUT2D eigenvalue weighted by atomic mass is 16.5. The van der Waals surface area contributed by atoms with Gasteiger partial charge in [-0.2, -0.15) is 0 Å². The van der Waals surface area contributed by atoms with E-state index >= 15 is 0 Å². The highest BCUT2D eigenvalue weighted by Crippen LogP contribution is 2.22. The number of amides is 1. The molecule has 2 N–H and O–H groups in total. The number of rotatable bonds is 10. The number of nitrogens with zero attached hydrogens (tertiary/aromatic N) is 1. The number of carbonyl (C=O) groups is 1. The number of aliphatic hydroxyl groups excluding tert-OH is 1. The molecule has 0 radical (unpaired) electrons. The van der Waals surface area contributed by atoms with E-state index in [1.54, 1.807) is 0 Å². The molecule has 0 bridgehead atoms. The Kier molecular flexibility index (Phi) is 8.68. The van der Waals surface area contributed by atoms with Crippen LogP contribution in [-0.2, 0) is 6.54 Å². The maximum absolute atomic E-state index is 12.4. The van der Waals surface area contributed by atoms with E-state index in [0.29, 0.717) is 11.6 Å². The average Bonchev–Trinajstić information content (AvgIpc) is 2.70. The normalized spacial score (nSPS) is 12.3. The molecule has 0 saturated heterocycles. The van der Waals surface area contributed by atoms with Gasteiger partial charge < -0.3 is 15.2 Å². The Bertz CT molecular complexity index is 767. The largest absolute Gasteiger partial charge is 0.490 e. The van der Waals surface area contributed by atoms with E-state index in [1.165, 1.54) is 5.56 Å². The Balaban J connectivity index is 1.82. The Hall–Kier alpha value is -2.37. The third-order valence-electron chi connectivity index (χ3n) is 5.07. The smallest absolute Gasteiger partial charge is 0.251 e. The van der Waals surface area contributed by atoms with Crippen molar-refractivity contribution in [1.82, 2.24) is 10.2 Å². The predicted octanol–water partition coefficient (Wildman–Crippen LogP) is 3.70. The zero-order valence-electron chi connectivity index (χ0n) is 18.2. The molecule has 1 amide bonds. The van der Waals surface area contributed by atoms with E-state index in [4.69, 9.17) is 4.74 Å². The van der Waals surface area contributed by atoms with Crippen LogP contribution in [0.1, 0.15) is 47.8 Å². The van der Waals surface area contributed by atoms with Crippen LogP contribution in [0, 0.1) is 13.8 Å². The molecule has 0 spiro atoms. The summed E-state index contributed by atoms with van der Waals surface area (Å²) in [5.41, 5.74) is 3.82. The Morgan fingerprint density at radius 2 is 1.72 bits per heavy atom. The number of carbonyl (C=O) groups excluding carboxylic acids is 1. The molecular formula is C24H34N2O3. The topological polar surface area (TPSA) is 61.8 Å². The van der Waals surface area contributed by atoms with Crippen LogP contribution >= 0.6 is 0 Å². The number of hydrogen-bond donors (Lipinski definition) is 2. The second kappa shape index (κ2) is 11.0. The van der Waals surface area contributed by atoms with Crippen molar-refractivity contribution >= 4 is 5.91 Å². The fraction of sp³-hybridized carbons (Fsp3) is 0.458. The molecule has 5 heteroatoms. The van der Waals surface area contributed by atoms with Gasteiger partial charge in [-0.25, -0.2) is 0 Å². The molecule has 0 heterocycles. The first-order valence-electron chi connectivity index (χ1n) is 10.3. The summed E-state index contributed by atoms with van der Waals surface area (Å²) in [6.45, 7) is 12.6. The van der Waals surface area contributed by atoms with Crippen LogP contribution < -0.4 is 10.1 Å². The van der Waals surface area contributed by atoms with Crippen molar-refractivity contribution in [1.29, 1.82) is 0 Å². The third-order valence-corrected chi connectivity index (χ3v) is 5.07. The van der Waals surface area contributed by atoms with Gasteiger partial charge >= 0.3 is 0 Å². The van der Waals surface area contributed by atoms with Gasteiger partial charge in [-0.05, 0) is 63.1 Å². The highest BCUT2D eigenvalue weighted by Gasteiger charge is 2.12. The fourth-order valence-corrected chi connectivity index (χ4v) is 3.23. The maximum atomic E-state index is 12.4. The van der Waals surface area contributed by atoms with E-state index in [-0.39, 0.29) is 19.1 Å². The monoisotopic (exact) mass is 398 g/mol. The second-order valence-corrected chi connectivity index (χ2v) is 7.75. The average molecular weight is 399 g/mol. The highest BCUT2D eigenvalue weighted by molar-refractivity contribution is 5.94. The molecule has 1 unspecified atom stereocenters. The van der Waals surface area contributed by atoms with Crippen LogP contribution in [0.5, 0.6) is 5.75 Å². The molecule has 0 aromatic heterocycles. The number of benzene rings is 2. The maximum Gasteiger partial charge on any atom is 0.251 e. The molecule has 5 nitrogen and oxygen atoms in total. The van der Waals surface area contributed by atoms with Crippen LogP contribution in [0.2, 0.25) is 0 Å². The summed E-state index contributed by atoms with van der Waals surface area (Å²) in [7, 11) is 0. The Morgan fingerprint density at radius 1 is 1.10 bits per heavy atom. The molecule has 29 heavy (non-hydrogen) atoms. The predicted molar refractivity (Wildman–Crippen MR) is 117 cm³/mol. The lowest BCUT2D eigenvalue weighted by atomic mass is 10.1. The van der Waals surface area contributed by atoms with Crippen molar-refractivity contribution in [3.05, 3.63) is 64.7 Å². The number of nitrogens with one attached hydrogen (secondary N) is 1. The molecule has 2 aromatic carbocycles. The SMILES string of the molecule is CCN(Cc1ccc(C(=O)NCC(O)COc2c(C)cccc2C)cc1)C(C)C. The van der Waals surface area contributed by atoms with Crippen molar-refractivity contribution in [3.63, 3.8) is 0 Å². The van der Waals surface area contributed by atoms with Gasteiger partial charge in [-0.1, -0.05) is 37.3 Å². The van der Waals surface area contributed by atoms with Gasteiger partial charge in [0.25, 0.3) is 5.91 Å². The van der Waals surface area contributed by atoms with E-state index in [2.05, 4.69) is 31.0 Å². The zero-order chi connectivity index (χ0) is 21.4. The van der Waals surface area contributed by atoms with Crippen LogP contribution in [0.4, 0.5) is 0 Å². The van der Waals surface area contributed by atoms with Gasteiger partial charge in [-0.15, -0.1) is 0 Å². The molecule has 0 aliphatic rings. The van der Waals surface area contributed by atoms with Crippen molar-refractivity contribution in [3.8, 4) is 5.75 Å². The van der Waals surface area contributed by atoms with Gasteiger partial charge in [0.15, 0.2) is 0 Å². The molecule has 0 saturated carbocycles. The van der Waals surface area contributed by atoms with Gasteiger partial charge in [0, 0.05) is 24.7 Å². The number of aryl methyl sites for hydroxylation is 2. The van der Waals surface area contributed by atoms with Crippen molar-refractivity contribution in [2.24, 2.45) is 0 Å². The minimum Gasteiger partial charge on any atom is -0.490 e. The fourth-order valence-electron chi connectivity index (χ4n) is 3.23. The molecular weight excluding hydrogens is 364 g/mol. The first-order chi connectivity index (χ1) is 13.8. The van der Waals surface area contributed by atoms with Gasteiger partial charge in [0.1, 0.15) is 18.5 Å². The van der Waals surface area contributed by atoms with Gasteiger partial charge in [0.05, 0.1) is 0 Å². The third kappa shape index (κ3) is 6.87. The number of para-hydroxylation sites is 1. The minimum absolute atomic E-state index is 0.132. The van der Waals surface area contributed by atoms with E-state index < -0.39 is 6.10 Å². The van der Waals surface area contributed by atoms with Crippen molar-refractivity contribution in [2.45, 2.75) is 53.3 Å². The molecule has 0 aliphatic carbocycles. The summed E-state index contributed by atoms with van der Waals surface area (Å²) < 4.78 is 5.74. The van der Waals surface area contributed by atoms with Gasteiger partial charge in [0.2, 0.25) is 0 Å². The second-order valence-electron chi connectivity index (χ2n) is 7.75. The summed E-state index contributed by atoms with van der Waals surface area (Å²) in [6, 6.07) is 14.0. The minimum atomic E-state index is -0.776. The van der Waals surface area contributed by atoms with Crippen LogP contribution in [0.15, 0.2) is 42.5 Å². The zero-order valence-corrected chi connectivity index (χ0v) is 18.2. The number of aliphatic hydroxyl groups is 1. The summed E-state index contributed by atoms with van der Waals surface area (Å²) in [5.74, 6) is 0.592. The van der Waals surface area contributed by atoms with E-state index in [9.17, 15) is 9.90 Å². The molecule has 2 aromatic rings. The number of ether oxygens (including phenoxy) is 1. The van der Waals surface area contributed by atoms with E-state index in [0.717, 1.165) is 30.0 Å². The molecule has 0 aliphatic heterocycles. The molecule has 158 valence electrons. The first kappa shape index (κ1) is 22.9. The van der Waals surface area contributed by atoms with Crippen LogP contribution in [0.25, 0.3) is 0 Å². The molecule has 2 rings (SSSR count). The van der Waals surface area contributed by atoms with Crippen LogP contribution in [0.3, 0.4) is 0 Å². The summed E-state index contributed by atoms with van der Waals surface area (Å²) >= 11 is 0. The Morgan fingerprint density at radius 3 is 2.28 bits per heavy atom. The first-order valence-corrected chi connectivity index (χ1v) is 10.3. The quantitative estimate of drug-likeness (QED) is 0.641. The lowest BCUT2D eigenvalue weighted by molar-refractivity contribution is 0.0841. The van der Waals surface area contributed by atoms with Crippen LogP contribution in [-0.4, -0.2) is 47.8 Å². The lowest BCUT2D eigenvalue weighted by Gasteiger charge is -2.24. The molecule has 0 fully saturated rings. The Labute approximate surface area is 174 Å². The summed E-state index contributed by atoms with van der Waals surface area (Å²) in [5, 5.41) is 12.9. The standard InChI is InChI=1S/C24H34N2O3/c1-6-26(17(2)3)15-20-10-12-21(13-11-20)24(28)25-14-22(27)16-29-23-18(4)8-7-9-19(23)5/h7-13,17,22,27H,6,14-16H2,1-5H3,(H,25,28). The van der Waals surface area contributed by atoms with Crippen molar-refractivity contribution < 1.29 is 14.6 Å². The van der Waals surface area contributed by atoms with E-state index in [1.807, 2.05) is 56.3 Å². The lowest BCUT2D eigenvalue weighted by Crippen LogP contribution is -2.35. The van der Waals surface area contributed by atoms with Gasteiger partial charge in [-0.3, -0.25) is 9.69 Å².